The van der Waals surface area contributed by atoms with Gasteiger partial charge in [-0.2, -0.15) is 0 Å². The van der Waals surface area contributed by atoms with Gasteiger partial charge in [0.15, 0.2) is 0 Å². The zero-order chi connectivity index (χ0) is 37.1. The molecule has 51 heavy (non-hydrogen) atoms. The SMILES string of the molecule is CCCCCCC(C)(C)c1cc(OC(=O)C(C)(C)CCCNC(=O)c2cc3ccc(OC)cc3oc2=O)c2c(c1)OC(C)(C)[C@@H]1CCC(=O)C[C@@H]21. The van der Waals surface area contributed by atoms with Crippen molar-refractivity contribution < 1.29 is 33.0 Å². The van der Waals surface area contributed by atoms with E-state index in [1.807, 2.05) is 19.9 Å². The molecule has 2 aromatic carbocycles. The van der Waals surface area contributed by atoms with E-state index in [2.05, 4.69) is 46.0 Å². The molecule has 1 fully saturated rings. The molecule has 2 atom stereocenters. The normalized spacial score (nSPS) is 18.4. The van der Waals surface area contributed by atoms with Crippen LogP contribution >= 0.6 is 0 Å². The molecule has 0 saturated heterocycles. The Morgan fingerprint density at radius 2 is 1.75 bits per heavy atom. The number of unbranched alkanes of at least 4 members (excludes halogenated alkanes) is 3. The highest BCUT2D eigenvalue weighted by Crippen LogP contribution is 2.55. The fraction of sp³-hybridized carbons (Fsp3) is 0.571. The molecule has 1 aliphatic heterocycles. The molecule has 2 aliphatic rings. The third-order valence-corrected chi connectivity index (χ3v) is 11.1. The molecule has 1 aliphatic carbocycles. The standard InChI is InChI=1S/C42H55NO8/c1-9-10-11-12-18-40(2,3)27-22-34(36-30-24-28(44)15-17-32(30)42(6,7)51-35(36)23-27)50-39(47)41(4,5)19-13-20-43-37(45)31-21-26-14-16-29(48-8)25-33(26)49-38(31)46/h14,16,21-23,25,30,32H,9-13,15,17-20,24H2,1-8H3,(H,43,45)/t30-,32-/m1/s1. The fourth-order valence-electron chi connectivity index (χ4n) is 7.71. The van der Waals surface area contributed by atoms with Gasteiger partial charge in [-0.1, -0.05) is 46.5 Å². The number of hydrogen-bond donors (Lipinski definition) is 1. The maximum atomic E-state index is 14.0. The van der Waals surface area contributed by atoms with Gasteiger partial charge >= 0.3 is 11.6 Å². The molecule has 2 heterocycles. The lowest BCUT2D eigenvalue weighted by Gasteiger charge is -2.47. The number of ether oxygens (including phenoxy) is 3. The Morgan fingerprint density at radius 3 is 2.47 bits per heavy atom. The zero-order valence-corrected chi connectivity index (χ0v) is 31.7. The molecule has 0 spiro atoms. The van der Waals surface area contributed by atoms with Crippen LogP contribution in [0.2, 0.25) is 0 Å². The Hall–Kier alpha value is -4.14. The topological polar surface area (TPSA) is 121 Å². The van der Waals surface area contributed by atoms with E-state index in [1.54, 1.807) is 18.2 Å². The molecule has 0 bridgehead atoms. The lowest BCUT2D eigenvalue weighted by Crippen LogP contribution is -2.47. The van der Waals surface area contributed by atoms with E-state index in [4.69, 9.17) is 18.6 Å². The molecular weight excluding hydrogens is 646 g/mol. The smallest absolute Gasteiger partial charge is 0.349 e. The summed E-state index contributed by atoms with van der Waals surface area (Å²) in [6.45, 7) is 14.8. The van der Waals surface area contributed by atoms with Crippen molar-refractivity contribution in [1.29, 1.82) is 0 Å². The van der Waals surface area contributed by atoms with Gasteiger partial charge in [-0.3, -0.25) is 14.4 Å². The van der Waals surface area contributed by atoms with Crippen LogP contribution in [0.4, 0.5) is 0 Å². The largest absolute Gasteiger partial charge is 0.497 e. The summed E-state index contributed by atoms with van der Waals surface area (Å²) in [5, 5.41) is 3.40. The second kappa shape index (κ2) is 15.2. The van der Waals surface area contributed by atoms with Crippen molar-refractivity contribution in [3.63, 3.8) is 0 Å². The van der Waals surface area contributed by atoms with E-state index < -0.39 is 22.5 Å². The molecule has 1 N–H and O–H groups in total. The predicted molar refractivity (Wildman–Crippen MR) is 198 cm³/mol. The quantitative estimate of drug-likeness (QED) is 0.0766. The first-order valence-corrected chi connectivity index (χ1v) is 18.6. The van der Waals surface area contributed by atoms with E-state index in [-0.39, 0.29) is 41.1 Å². The van der Waals surface area contributed by atoms with Crippen molar-refractivity contribution in [2.24, 2.45) is 11.3 Å². The minimum atomic E-state index is -0.888. The number of Topliss-reactive ketones (excluding diaryl/α,β-unsaturated/α-hetero) is 1. The molecule has 1 amide bonds. The molecule has 9 nitrogen and oxygen atoms in total. The van der Waals surface area contributed by atoms with E-state index in [0.29, 0.717) is 53.9 Å². The third-order valence-electron chi connectivity index (χ3n) is 11.1. The number of methoxy groups -OCH3 is 1. The van der Waals surface area contributed by atoms with Gasteiger partial charge in [-0.15, -0.1) is 0 Å². The van der Waals surface area contributed by atoms with E-state index >= 15 is 0 Å². The molecule has 9 heteroatoms. The van der Waals surface area contributed by atoms with Crippen molar-refractivity contribution in [3.8, 4) is 17.2 Å². The molecule has 5 rings (SSSR count). The number of carbonyl (C=O) groups is 3. The molecular formula is C42H55NO8. The van der Waals surface area contributed by atoms with Gasteiger partial charge in [0.05, 0.1) is 12.5 Å². The Bertz CT molecular complexity index is 1830. The van der Waals surface area contributed by atoms with E-state index in [9.17, 15) is 19.2 Å². The zero-order valence-electron chi connectivity index (χ0n) is 31.7. The first kappa shape index (κ1) is 38.1. The van der Waals surface area contributed by atoms with Crippen LogP contribution in [0.5, 0.6) is 17.2 Å². The van der Waals surface area contributed by atoms with Crippen molar-refractivity contribution in [1.82, 2.24) is 5.32 Å². The number of amides is 1. The summed E-state index contributed by atoms with van der Waals surface area (Å²) in [6, 6.07) is 10.7. The first-order chi connectivity index (χ1) is 24.1. The van der Waals surface area contributed by atoms with Gasteiger partial charge in [-0.05, 0) is 94.7 Å². The highest BCUT2D eigenvalue weighted by Gasteiger charge is 2.48. The number of ketones is 1. The number of benzene rings is 2. The van der Waals surface area contributed by atoms with Crippen LogP contribution in [-0.2, 0) is 15.0 Å². The summed E-state index contributed by atoms with van der Waals surface area (Å²) in [5.74, 6) is 1.06. The molecule has 276 valence electrons. The van der Waals surface area contributed by atoms with Gasteiger partial charge in [0, 0.05) is 48.2 Å². The Kier molecular flexibility index (Phi) is 11.4. The molecule has 0 radical (unpaired) electrons. The van der Waals surface area contributed by atoms with Crippen LogP contribution in [-0.4, -0.2) is 36.9 Å². The summed E-state index contributed by atoms with van der Waals surface area (Å²) in [7, 11) is 1.52. The Morgan fingerprint density at radius 1 is 0.980 bits per heavy atom. The summed E-state index contributed by atoms with van der Waals surface area (Å²) in [4.78, 5) is 52.3. The third kappa shape index (κ3) is 8.50. The number of rotatable bonds is 14. The van der Waals surface area contributed by atoms with Crippen LogP contribution in [0.3, 0.4) is 0 Å². The van der Waals surface area contributed by atoms with Gasteiger partial charge < -0.3 is 23.9 Å². The minimum Gasteiger partial charge on any atom is -0.497 e. The average molecular weight is 702 g/mol. The van der Waals surface area contributed by atoms with E-state index in [1.165, 1.54) is 32.4 Å². The predicted octanol–water partition coefficient (Wildman–Crippen LogP) is 8.82. The molecule has 1 aromatic heterocycles. The highest BCUT2D eigenvalue weighted by atomic mass is 16.5. The van der Waals surface area contributed by atoms with Crippen LogP contribution in [0.15, 0.2) is 45.6 Å². The summed E-state index contributed by atoms with van der Waals surface area (Å²) in [5.41, 5.74) is -0.152. The number of hydrogen-bond acceptors (Lipinski definition) is 8. The van der Waals surface area contributed by atoms with Crippen molar-refractivity contribution in [3.05, 3.63) is 63.5 Å². The van der Waals surface area contributed by atoms with Crippen LogP contribution in [0, 0.1) is 11.3 Å². The molecule has 0 unspecified atom stereocenters. The van der Waals surface area contributed by atoms with Gasteiger partial charge in [-0.25, -0.2) is 4.79 Å². The van der Waals surface area contributed by atoms with Crippen molar-refractivity contribution in [2.75, 3.05) is 13.7 Å². The van der Waals surface area contributed by atoms with E-state index in [0.717, 1.165) is 30.4 Å². The molecule has 1 saturated carbocycles. The van der Waals surface area contributed by atoms with Gasteiger partial charge in [0.1, 0.15) is 39.8 Å². The lowest BCUT2D eigenvalue weighted by atomic mass is 9.66. The summed E-state index contributed by atoms with van der Waals surface area (Å²) < 4.78 is 23.6. The average Bonchev–Trinajstić information content (AvgIpc) is 3.07. The second-order valence-electron chi connectivity index (χ2n) is 16.3. The number of nitrogens with one attached hydrogen (secondary N) is 1. The monoisotopic (exact) mass is 701 g/mol. The van der Waals surface area contributed by atoms with Gasteiger partial charge in [0.2, 0.25) is 0 Å². The highest BCUT2D eigenvalue weighted by molar-refractivity contribution is 5.96. The van der Waals surface area contributed by atoms with Crippen molar-refractivity contribution in [2.45, 2.75) is 130 Å². The maximum absolute atomic E-state index is 14.0. The summed E-state index contributed by atoms with van der Waals surface area (Å²) >= 11 is 0. The number of esters is 1. The lowest BCUT2D eigenvalue weighted by molar-refractivity contribution is -0.144. The summed E-state index contributed by atoms with van der Waals surface area (Å²) in [6.07, 6.45) is 8.20. The first-order valence-electron chi connectivity index (χ1n) is 18.6. The van der Waals surface area contributed by atoms with Crippen LogP contribution < -0.4 is 25.2 Å². The molecule has 3 aromatic rings. The maximum Gasteiger partial charge on any atom is 0.349 e. The second-order valence-corrected chi connectivity index (χ2v) is 16.3. The minimum absolute atomic E-state index is 0.0887. The van der Waals surface area contributed by atoms with Crippen LogP contribution in [0.1, 0.15) is 140 Å². The van der Waals surface area contributed by atoms with Gasteiger partial charge in [0.25, 0.3) is 5.91 Å². The Balaban J connectivity index is 1.32. The fourth-order valence-corrected chi connectivity index (χ4v) is 7.71. The van der Waals surface area contributed by atoms with Crippen molar-refractivity contribution >= 4 is 28.6 Å². The Labute approximate surface area is 301 Å². The number of carbonyl (C=O) groups excluding carboxylic acids is 3. The van der Waals surface area contributed by atoms with Crippen LogP contribution in [0.25, 0.3) is 11.0 Å². The number of fused-ring (bicyclic) bond motifs is 4.